The Morgan fingerprint density at radius 2 is 1.40 bits per heavy atom. The molecule has 0 spiro atoms. The summed E-state index contributed by atoms with van der Waals surface area (Å²) in [6.07, 6.45) is 7.90. The number of esters is 1. The summed E-state index contributed by atoms with van der Waals surface area (Å²) in [5, 5.41) is 27.0. The number of aliphatic hydroxyl groups excluding tert-OH is 1. The van der Waals surface area contributed by atoms with Gasteiger partial charge in [0.15, 0.2) is 22.5 Å². The number of carboxylic acid groups (broad SMARTS) is 1. The number of aromatic nitrogens is 6. The van der Waals surface area contributed by atoms with Gasteiger partial charge in [-0.25, -0.2) is 19.0 Å². The normalized spacial score (nSPS) is 12.0. The van der Waals surface area contributed by atoms with E-state index < -0.39 is 17.5 Å². The fourth-order valence-electron chi connectivity index (χ4n) is 4.88. The Kier molecular flexibility index (Phi) is 12.9. The summed E-state index contributed by atoms with van der Waals surface area (Å²) in [6.45, 7) is 9.56. The lowest BCUT2D eigenvalue weighted by atomic mass is 10.0. The van der Waals surface area contributed by atoms with Crippen LogP contribution < -0.4 is 15.4 Å². The molecule has 47 heavy (non-hydrogen) atoms. The van der Waals surface area contributed by atoms with Crippen LogP contribution in [0, 0.1) is 0 Å². The summed E-state index contributed by atoms with van der Waals surface area (Å²) in [5.74, 6) is -1.45. The highest BCUT2D eigenvalue weighted by atomic mass is 16.6. The summed E-state index contributed by atoms with van der Waals surface area (Å²) >= 11 is 0. The number of ketones is 1. The number of aliphatic carboxylic acids is 1. The summed E-state index contributed by atoms with van der Waals surface area (Å²) < 4.78 is 13.9. The molecule has 4 aromatic heterocycles. The third-order valence-electron chi connectivity index (χ3n) is 7.09. The number of fused-ring (bicyclic) bond motifs is 2. The number of unbranched alkanes of at least 4 members (excludes halogenated alkanes) is 2. The summed E-state index contributed by atoms with van der Waals surface area (Å²) in [4.78, 5) is 55.7. The second kappa shape index (κ2) is 16.6. The fraction of sp³-hybridized carbons (Fsp3) is 0.515. The molecule has 0 unspecified atom stereocenters. The van der Waals surface area contributed by atoms with E-state index in [2.05, 4.69) is 34.0 Å². The van der Waals surface area contributed by atoms with Crippen LogP contribution in [-0.2, 0) is 27.2 Å². The van der Waals surface area contributed by atoms with Gasteiger partial charge in [0.25, 0.3) is 0 Å². The van der Waals surface area contributed by atoms with Gasteiger partial charge in [-0.05, 0) is 46.5 Å². The molecular weight excluding hydrogens is 608 g/mol. The Balaban J connectivity index is 0.000000261. The Morgan fingerprint density at radius 3 is 1.96 bits per heavy atom. The third kappa shape index (κ3) is 9.80. The number of aliphatic hydroxyl groups is 1. The van der Waals surface area contributed by atoms with E-state index in [0.717, 1.165) is 43.5 Å². The van der Waals surface area contributed by atoms with E-state index in [4.69, 9.17) is 14.6 Å². The van der Waals surface area contributed by atoms with Gasteiger partial charge >= 0.3 is 11.9 Å². The zero-order chi connectivity index (χ0) is 34.7. The second-order valence-electron chi connectivity index (χ2n) is 12.0. The highest BCUT2D eigenvalue weighted by Gasteiger charge is 2.23. The predicted molar refractivity (Wildman–Crippen MR) is 174 cm³/mol. The molecule has 4 heterocycles. The Bertz CT molecular complexity index is 1820. The summed E-state index contributed by atoms with van der Waals surface area (Å²) in [5.41, 5.74) is 1.85. The minimum Gasteiger partial charge on any atom is -0.511 e. The van der Waals surface area contributed by atoms with Crippen molar-refractivity contribution in [1.82, 2.24) is 29.2 Å². The molecule has 0 atom stereocenters. The molecule has 0 saturated carbocycles. The molecule has 0 aliphatic heterocycles. The van der Waals surface area contributed by atoms with E-state index in [1.54, 1.807) is 25.3 Å². The monoisotopic (exact) mass is 652 g/mol. The zero-order valence-corrected chi connectivity index (χ0v) is 27.9. The lowest BCUT2D eigenvalue weighted by Gasteiger charge is -2.19. The van der Waals surface area contributed by atoms with Crippen molar-refractivity contribution in [3.63, 3.8) is 0 Å². The van der Waals surface area contributed by atoms with Gasteiger partial charge in [-0.15, -0.1) is 0 Å². The predicted octanol–water partition coefficient (Wildman–Crippen LogP) is 4.07. The minimum absolute atomic E-state index is 0.0111. The lowest BCUT2D eigenvalue weighted by molar-refractivity contribution is -0.154. The topological polar surface area (TPSA) is 188 Å². The number of carbonyl (C=O) groups excluding carboxylic acids is 2. The van der Waals surface area contributed by atoms with E-state index in [1.807, 2.05) is 6.07 Å². The smallest absolute Gasteiger partial charge is 0.306 e. The van der Waals surface area contributed by atoms with Crippen molar-refractivity contribution in [2.75, 3.05) is 7.11 Å². The first-order valence-electron chi connectivity index (χ1n) is 15.7. The maximum absolute atomic E-state index is 12.8. The molecule has 0 aliphatic rings. The number of carbonyl (C=O) groups is 3. The van der Waals surface area contributed by atoms with Crippen LogP contribution in [0.1, 0.15) is 108 Å². The van der Waals surface area contributed by atoms with Gasteiger partial charge in [0.2, 0.25) is 0 Å². The number of hydrogen-bond donors (Lipinski definition) is 2. The van der Waals surface area contributed by atoms with Gasteiger partial charge < -0.3 is 19.7 Å². The van der Waals surface area contributed by atoms with Crippen LogP contribution in [0.5, 0.6) is 5.75 Å². The molecule has 14 heteroatoms. The standard InChI is InChI=1S/C19H27N3O4.C14H17N3O4/c1-6-7-8-13-11-15(25-5)17(18-20-12-21-22(13)18)14(23)9-10-16(24)26-19(2,3)4;1-2-3-4-9-7-11(19)13(10(18)5-6-12(20)21)14-15-8-16-17(9)14/h11-12H,6-10H2,1-5H3;7-8,18H,2-6H2,1H3,(H,20,21). The number of pyridine rings is 2. The van der Waals surface area contributed by atoms with Crippen LogP contribution in [0.4, 0.5) is 0 Å². The number of carboxylic acids is 1. The van der Waals surface area contributed by atoms with Crippen molar-refractivity contribution in [1.29, 1.82) is 0 Å². The fourth-order valence-corrected chi connectivity index (χ4v) is 4.88. The highest BCUT2D eigenvalue weighted by Crippen LogP contribution is 2.27. The Hall–Kier alpha value is -4.88. The number of Topliss-reactive ketones (excluding diaryl/α,β-unsaturated/α-hetero) is 1. The molecule has 0 amide bonds. The van der Waals surface area contributed by atoms with E-state index in [0.29, 0.717) is 23.4 Å². The van der Waals surface area contributed by atoms with Gasteiger partial charge in [0.05, 0.1) is 20.0 Å². The number of ether oxygens (including phenoxy) is 2. The summed E-state index contributed by atoms with van der Waals surface area (Å²) in [6, 6.07) is 3.27. The zero-order valence-electron chi connectivity index (χ0n) is 27.9. The molecule has 254 valence electrons. The van der Waals surface area contributed by atoms with E-state index >= 15 is 0 Å². The number of aryl methyl sites for hydroxylation is 2. The van der Waals surface area contributed by atoms with Crippen LogP contribution in [0.2, 0.25) is 0 Å². The molecule has 0 saturated heterocycles. The number of nitrogens with zero attached hydrogens (tertiary/aromatic N) is 6. The van der Waals surface area contributed by atoms with Crippen molar-refractivity contribution < 1.29 is 34.1 Å². The van der Waals surface area contributed by atoms with Crippen LogP contribution in [0.15, 0.2) is 29.6 Å². The van der Waals surface area contributed by atoms with E-state index in [9.17, 15) is 24.3 Å². The first kappa shape index (κ1) is 36.6. The van der Waals surface area contributed by atoms with Gasteiger partial charge in [-0.3, -0.25) is 19.2 Å². The average Bonchev–Trinajstić information content (AvgIpc) is 3.70. The first-order chi connectivity index (χ1) is 22.3. The quantitative estimate of drug-likeness (QED) is 0.147. The molecule has 2 N–H and O–H groups in total. The van der Waals surface area contributed by atoms with E-state index in [1.165, 1.54) is 30.3 Å². The van der Waals surface area contributed by atoms with Crippen LogP contribution in [0.25, 0.3) is 17.1 Å². The van der Waals surface area contributed by atoms with E-state index in [-0.39, 0.29) is 53.5 Å². The average molecular weight is 653 g/mol. The second-order valence-corrected chi connectivity index (χ2v) is 12.0. The van der Waals surface area contributed by atoms with Crippen molar-refractivity contribution >= 4 is 34.8 Å². The van der Waals surface area contributed by atoms with Crippen LogP contribution in [-0.4, -0.2) is 69.8 Å². The van der Waals surface area contributed by atoms with Crippen LogP contribution in [0.3, 0.4) is 0 Å². The lowest BCUT2D eigenvalue weighted by Crippen LogP contribution is -2.31. The highest BCUT2D eigenvalue weighted by molar-refractivity contribution is 6.05. The molecule has 0 fully saturated rings. The molecule has 0 aliphatic carbocycles. The SMILES string of the molecule is CCCCc1cc(=O)c(=C(O)CCC(=O)O)c2ncnn12.CCCCc1cc(OC)c(C(=O)CCC(=O)OC(C)(C)C)c2ncnn12. The van der Waals surface area contributed by atoms with Gasteiger partial charge in [-0.1, -0.05) is 26.7 Å². The minimum atomic E-state index is -1.04. The Morgan fingerprint density at radius 1 is 0.830 bits per heavy atom. The van der Waals surface area contributed by atoms with Crippen molar-refractivity contribution in [2.45, 2.75) is 104 Å². The molecule has 0 radical (unpaired) electrons. The summed E-state index contributed by atoms with van der Waals surface area (Å²) in [7, 11) is 1.52. The van der Waals surface area contributed by atoms with Gasteiger partial charge in [0, 0.05) is 36.4 Å². The number of hydrogen-bond acceptors (Lipinski definition) is 11. The van der Waals surface area contributed by atoms with Crippen molar-refractivity contribution in [2.24, 2.45) is 0 Å². The number of rotatable bonds is 14. The maximum Gasteiger partial charge on any atom is 0.306 e. The van der Waals surface area contributed by atoms with Crippen molar-refractivity contribution in [3.8, 4) is 5.75 Å². The first-order valence-corrected chi connectivity index (χ1v) is 15.7. The third-order valence-corrected chi connectivity index (χ3v) is 7.09. The molecule has 4 aromatic rings. The molecule has 4 rings (SSSR count). The van der Waals surface area contributed by atoms with Crippen molar-refractivity contribution in [3.05, 3.63) is 57.2 Å². The molecule has 0 bridgehead atoms. The van der Waals surface area contributed by atoms with Gasteiger partial charge in [0.1, 0.15) is 40.5 Å². The van der Waals surface area contributed by atoms with Gasteiger partial charge in [-0.2, -0.15) is 10.2 Å². The molecular formula is C33H44N6O8. The molecule has 0 aromatic carbocycles. The maximum atomic E-state index is 12.8. The molecule has 14 nitrogen and oxygen atoms in total. The number of methoxy groups -OCH3 is 1. The van der Waals surface area contributed by atoms with Crippen LogP contribution >= 0.6 is 0 Å². The Labute approximate surface area is 272 Å². The largest absolute Gasteiger partial charge is 0.511 e.